The first-order valence-electron chi connectivity index (χ1n) is 7.00. The predicted molar refractivity (Wildman–Crippen MR) is 85.3 cm³/mol. The zero-order chi connectivity index (χ0) is 15.0. The van der Waals surface area contributed by atoms with E-state index in [0.29, 0.717) is 23.9 Å². The van der Waals surface area contributed by atoms with E-state index in [0.717, 1.165) is 16.9 Å². The van der Waals surface area contributed by atoms with Crippen LogP contribution in [0, 0.1) is 13.8 Å². The summed E-state index contributed by atoms with van der Waals surface area (Å²) >= 11 is 6.25. The number of ether oxygens (including phenoxy) is 2. The number of halogens is 1. The number of nitrogens with two attached hydrogens (primary N) is 1. The topological polar surface area (TPSA) is 44.5 Å². The van der Waals surface area contributed by atoms with E-state index in [1.165, 1.54) is 11.1 Å². The van der Waals surface area contributed by atoms with Crippen molar-refractivity contribution in [1.82, 2.24) is 0 Å². The molecular weight excluding hydrogens is 286 g/mol. The first-order chi connectivity index (χ1) is 10.1. The normalized spacial score (nSPS) is 16.9. The van der Waals surface area contributed by atoms with Gasteiger partial charge in [0.25, 0.3) is 0 Å². The van der Waals surface area contributed by atoms with Gasteiger partial charge in [-0.25, -0.2) is 0 Å². The molecule has 21 heavy (non-hydrogen) atoms. The Balaban J connectivity index is 2.21. The van der Waals surface area contributed by atoms with E-state index >= 15 is 0 Å². The van der Waals surface area contributed by atoms with Gasteiger partial charge in [0.1, 0.15) is 12.7 Å². The second-order valence-corrected chi connectivity index (χ2v) is 5.77. The predicted octanol–water partition coefficient (Wildman–Crippen LogP) is 3.72. The Kier molecular flexibility index (Phi) is 3.79. The molecule has 1 atom stereocenters. The van der Waals surface area contributed by atoms with Gasteiger partial charge in [-0.1, -0.05) is 29.8 Å². The molecule has 0 amide bonds. The summed E-state index contributed by atoms with van der Waals surface area (Å²) in [5.74, 6) is 1.42. The van der Waals surface area contributed by atoms with Gasteiger partial charge in [0, 0.05) is 23.2 Å². The van der Waals surface area contributed by atoms with Crippen LogP contribution in [0.2, 0.25) is 5.02 Å². The van der Waals surface area contributed by atoms with Crippen molar-refractivity contribution in [2.24, 2.45) is 5.73 Å². The van der Waals surface area contributed by atoms with E-state index in [2.05, 4.69) is 26.0 Å². The third-order valence-electron chi connectivity index (χ3n) is 3.74. The van der Waals surface area contributed by atoms with Gasteiger partial charge in [0.2, 0.25) is 0 Å². The Morgan fingerprint density at radius 2 is 1.95 bits per heavy atom. The summed E-state index contributed by atoms with van der Waals surface area (Å²) in [5, 5.41) is 0.640. The van der Waals surface area contributed by atoms with Crippen LogP contribution in [0.3, 0.4) is 0 Å². The van der Waals surface area contributed by atoms with Gasteiger partial charge in [-0.15, -0.1) is 0 Å². The maximum Gasteiger partial charge on any atom is 0.169 e. The Bertz CT molecular complexity index is 664. The Hall–Kier alpha value is -1.71. The van der Waals surface area contributed by atoms with Crippen LogP contribution < -0.4 is 15.2 Å². The lowest BCUT2D eigenvalue weighted by Gasteiger charge is -2.28. The van der Waals surface area contributed by atoms with Crippen LogP contribution in [-0.4, -0.2) is 19.3 Å². The maximum atomic E-state index is 6.25. The number of rotatable bonds is 2. The molecule has 0 radical (unpaired) electrons. The van der Waals surface area contributed by atoms with Crippen LogP contribution in [0.25, 0.3) is 11.1 Å². The van der Waals surface area contributed by atoms with Crippen LogP contribution in [0.15, 0.2) is 30.3 Å². The Labute approximate surface area is 129 Å². The van der Waals surface area contributed by atoms with Gasteiger partial charge in [0.15, 0.2) is 11.5 Å². The Morgan fingerprint density at radius 3 is 2.62 bits per heavy atom. The van der Waals surface area contributed by atoms with Gasteiger partial charge in [-0.3, -0.25) is 0 Å². The molecule has 110 valence electrons. The molecule has 0 saturated carbocycles. The van der Waals surface area contributed by atoms with Crippen molar-refractivity contribution in [3.8, 4) is 22.6 Å². The summed E-state index contributed by atoms with van der Waals surface area (Å²) in [5.41, 5.74) is 10.2. The number of aryl methyl sites for hydroxylation is 2. The van der Waals surface area contributed by atoms with Crippen LogP contribution in [0.1, 0.15) is 11.1 Å². The second kappa shape index (κ2) is 5.58. The molecule has 1 aliphatic rings. The fourth-order valence-corrected chi connectivity index (χ4v) is 2.93. The summed E-state index contributed by atoms with van der Waals surface area (Å²) in [6.45, 7) is 5.05. The molecule has 3 rings (SSSR count). The molecule has 1 aliphatic heterocycles. The highest BCUT2D eigenvalue weighted by atomic mass is 35.5. The van der Waals surface area contributed by atoms with Gasteiger partial charge in [-0.05, 0) is 36.6 Å². The van der Waals surface area contributed by atoms with Crippen molar-refractivity contribution < 1.29 is 9.47 Å². The lowest BCUT2D eigenvalue weighted by atomic mass is 9.94. The summed E-state index contributed by atoms with van der Waals surface area (Å²) in [4.78, 5) is 0. The van der Waals surface area contributed by atoms with E-state index in [-0.39, 0.29) is 6.10 Å². The van der Waals surface area contributed by atoms with Crippen LogP contribution in [0.5, 0.6) is 11.5 Å². The summed E-state index contributed by atoms with van der Waals surface area (Å²) in [6.07, 6.45) is -0.123. The molecule has 2 aromatic rings. The Morgan fingerprint density at radius 1 is 1.24 bits per heavy atom. The largest absolute Gasteiger partial charge is 0.486 e. The fourth-order valence-electron chi connectivity index (χ4n) is 2.72. The molecule has 0 unspecified atom stereocenters. The third kappa shape index (κ3) is 2.59. The molecule has 4 heteroatoms. The van der Waals surface area contributed by atoms with Crippen molar-refractivity contribution in [2.75, 3.05) is 13.2 Å². The van der Waals surface area contributed by atoms with E-state index in [4.69, 9.17) is 26.8 Å². The van der Waals surface area contributed by atoms with Crippen LogP contribution >= 0.6 is 11.6 Å². The lowest BCUT2D eigenvalue weighted by molar-refractivity contribution is 0.0976. The average Bonchev–Trinajstić information content (AvgIpc) is 2.46. The zero-order valence-corrected chi connectivity index (χ0v) is 12.9. The number of fused-ring (bicyclic) bond motifs is 1. The molecule has 3 nitrogen and oxygen atoms in total. The number of hydrogen-bond acceptors (Lipinski definition) is 3. The monoisotopic (exact) mass is 303 g/mol. The highest BCUT2D eigenvalue weighted by Gasteiger charge is 2.25. The van der Waals surface area contributed by atoms with Crippen molar-refractivity contribution in [2.45, 2.75) is 20.0 Å². The molecular formula is C17H18ClNO2. The average molecular weight is 304 g/mol. The summed E-state index contributed by atoms with van der Waals surface area (Å²) in [7, 11) is 0. The van der Waals surface area contributed by atoms with Crippen molar-refractivity contribution in [1.29, 1.82) is 0 Å². The van der Waals surface area contributed by atoms with E-state index in [9.17, 15) is 0 Å². The lowest BCUT2D eigenvalue weighted by Crippen LogP contribution is -2.36. The fraction of sp³-hybridized carbons (Fsp3) is 0.294. The zero-order valence-electron chi connectivity index (χ0n) is 12.2. The van der Waals surface area contributed by atoms with Gasteiger partial charge in [-0.2, -0.15) is 0 Å². The molecule has 2 N–H and O–H groups in total. The number of benzene rings is 2. The van der Waals surface area contributed by atoms with Gasteiger partial charge < -0.3 is 15.2 Å². The SMILES string of the molecule is Cc1cccc(C)c1-c1cc(Cl)cc2c1O[C@@H](CN)CO2. The molecule has 0 bridgehead atoms. The highest BCUT2D eigenvalue weighted by molar-refractivity contribution is 6.31. The highest BCUT2D eigenvalue weighted by Crippen LogP contribution is 2.45. The van der Waals surface area contributed by atoms with Crippen molar-refractivity contribution >= 4 is 11.6 Å². The molecule has 0 fully saturated rings. The quantitative estimate of drug-likeness (QED) is 0.919. The smallest absolute Gasteiger partial charge is 0.169 e. The molecule has 0 aliphatic carbocycles. The molecule has 1 heterocycles. The minimum absolute atomic E-state index is 0.123. The molecule has 0 spiro atoms. The van der Waals surface area contributed by atoms with E-state index in [1.54, 1.807) is 6.07 Å². The van der Waals surface area contributed by atoms with E-state index < -0.39 is 0 Å². The first-order valence-corrected chi connectivity index (χ1v) is 7.37. The summed E-state index contributed by atoms with van der Waals surface area (Å²) in [6, 6.07) is 9.93. The third-order valence-corrected chi connectivity index (χ3v) is 3.96. The van der Waals surface area contributed by atoms with Crippen LogP contribution in [0.4, 0.5) is 0 Å². The minimum Gasteiger partial charge on any atom is -0.486 e. The minimum atomic E-state index is -0.123. The molecule has 0 saturated heterocycles. The maximum absolute atomic E-state index is 6.25. The molecule has 0 aromatic heterocycles. The molecule has 2 aromatic carbocycles. The first kappa shape index (κ1) is 14.2. The number of hydrogen-bond donors (Lipinski definition) is 1. The summed E-state index contributed by atoms with van der Waals surface area (Å²) < 4.78 is 11.8. The van der Waals surface area contributed by atoms with Gasteiger partial charge in [0.05, 0.1) is 0 Å². The van der Waals surface area contributed by atoms with E-state index in [1.807, 2.05) is 12.1 Å². The van der Waals surface area contributed by atoms with Crippen LogP contribution in [-0.2, 0) is 0 Å². The van der Waals surface area contributed by atoms with Gasteiger partial charge >= 0.3 is 0 Å². The standard InChI is InChI=1S/C17H18ClNO2/c1-10-4-3-5-11(2)16(10)14-6-12(18)7-15-17(14)21-13(8-19)9-20-15/h3-7,13H,8-9,19H2,1-2H3/t13-/m0/s1. The second-order valence-electron chi connectivity index (χ2n) is 5.33. The van der Waals surface area contributed by atoms with Crippen molar-refractivity contribution in [3.63, 3.8) is 0 Å². The van der Waals surface area contributed by atoms with Crippen molar-refractivity contribution in [3.05, 3.63) is 46.5 Å².